The van der Waals surface area contributed by atoms with Crippen molar-refractivity contribution < 1.29 is 34.8 Å². The summed E-state index contributed by atoms with van der Waals surface area (Å²) in [6.45, 7) is 3.95. The average Bonchev–Trinajstić information content (AvgIpc) is 2.81. The predicted molar refractivity (Wildman–Crippen MR) is 139 cm³/mol. The van der Waals surface area contributed by atoms with Crippen molar-refractivity contribution in [3.05, 3.63) is 69.5 Å². The number of fused-ring (bicyclic) bond motifs is 3. The van der Waals surface area contributed by atoms with E-state index in [0.29, 0.717) is 5.56 Å². The predicted octanol–water partition coefficient (Wildman–Crippen LogP) is 2.25. The van der Waals surface area contributed by atoms with Crippen LogP contribution < -0.4 is 5.73 Å². The third-order valence-electron chi connectivity index (χ3n) is 8.28. The Labute approximate surface area is 219 Å². The number of aryl methyl sites for hydroxylation is 2. The summed E-state index contributed by atoms with van der Waals surface area (Å²) in [6.07, 6.45) is 0.291. The first-order valence-corrected chi connectivity index (χ1v) is 12.4. The number of likely N-dealkylation sites (N-methyl/N-ethyl adjacent to an activating group) is 1. The molecule has 0 bridgehead atoms. The molecule has 0 radical (unpaired) electrons. The van der Waals surface area contributed by atoms with E-state index < -0.39 is 58.0 Å². The number of amides is 1. The molecule has 1 saturated carbocycles. The number of aliphatic hydroxyl groups excluding tert-OH is 2. The highest BCUT2D eigenvalue weighted by atomic mass is 16.3. The number of phenolic OH excluding ortho intramolecular Hbond substituents is 1. The van der Waals surface area contributed by atoms with Gasteiger partial charge in [0.25, 0.3) is 5.91 Å². The van der Waals surface area contributed by atoms with Crippen LogP contribution in [0.25, 0.3) is 16.9 Å². The van der Waals surface area contributed by atoms with E-state index in [2.05, 4.69) is 0 Å². The number of benzene rings is 2. The molecule has 0 saturated heterocycles. The van der Waals surface area contributed by atoms with E-state index in [-0.39, 0.29) is 29.7 Å². The van der Waals surface area contributed by atoms with E-state index in [1.165, 1.54) is 11.0 Å². The summed E-state index contributed by atoms with van der Waals surface area (Å²) in [4.78, 5) is 40.7. The van der Waals surface area contributed by atoms with Gasteiger partial charge in [-0.3, -0.25) is 19.3 Å². The summed E-state index contributed by atoms with van der Waals surface area (Å²) in [5.74, 6) is -6.61. The van der Waals surface area contributed by atoms with Crippen LogP contribution in [0.1, 0.15) is 28.7 Å². The summed E-state index contributed by atoms with van der Waals surface area (Å²) in [5.41, 5.74) is 6.23. The van der Waals surface area contributed by atoms with Crippen LogP contribution in [0.3, 0.4) is 0 Å². The zero-order valence-corrected chi connectivity index (χ0v) is 21.6. The zero-order valence-electron chi connectivity index (χ0n) is 21.6. The second kappa shape index (κ2) is 8.54. The number of ketones is 2. The highest BCUT2D eigenvalue weighted by molar-refractivity contribution is 6.24. The zero-order chi connectivity index (χ0) is 27.8. The Kier molecular flexibility index (Phi) is 5.77. The summed E-state index contributed by atoms with van der Waals surface area (Å²) in [5, 5.41) is 44.8. The number of aliphatic hydroxyl groups is 3. The van der Waals surface area contributed by atoms with Crippen molar-refractivity contribution in [2.24, 2.45) is 17.6 Å². The maximum Gasteiger partial charge on any atom is 0.255 e. The van der Waals surface area contributed by atoms with Gasteiger partial charge in [-0.25, -0.2) is 0 Å². The minimum atomic E-state index is -2.65. The topological polar surface area (TPSA) is 161 Å². The fourth-order valence-corrected chi connectivity index (χ4v) is 6.61. The highest BCUT2D eigenvalue weighted by Crippen LogP contribution is 2.53. The maximum atomic E-state index is 13.9. The van der Waals surface area contributed by atoms with Crippen LogP contribution in [0.4, 0.5) is 0 Å². The lowest BCUT2D eigenvalue weighted by molar-refractivity contribution is -0.153. The lowest BCUT2D eigenvalue weighted by Gasteiger charge is -2.50. The van der Waals surface area contributed by atoms with Gasteiger partial charge in [0.05, 0.1) is 11.6 Å². The molecule has 5 rings (SSSR count). The number of rotatable bonds is 3. The number of carbonyl (C=O) groups excluding carboxylic acids is 3. The van der Waals surface area contributed by atoms with Gasteiger partial charge in [0.15, 0.2) is 11.4 Å². The number of carbonyl (C=O) groups is 3. The fraction of sp³-hybridized carbons (Fsp3) is 0.345. The first kappa shape index (κ1) is 25.7. The minimum absolute atomic E-state index is 0.0493. The highest BCUT2D eigenvalue weighted by Gasteiger charge is 2.64. The van der Waals surface area contributed by atoms with Crippen LogP contribution in [0.15, 0.2) is 47.2 Å². The number of aromatic hydroxyl groups is 1. The maximum absolute atomic E-state index is 13.9. The standard InChI is InChI=1S/C29H30N2O7/c1-12-5-6-15(13(2)9-12)16-7-8-19(32)21-17(16)10-14-11-18-23(31(3)4)25(34)22(28(30)37)27(36)29(18,38)26(35)20(14)24(21)33/h5-9,14,18,23,32-33,36,38H,10-11H2,1-4H3,(H2,30,37)/t14-,18-,23-,29-/m1/s1. The number of nitrogens with zero attached hydrogens (tertiary/aromatic N) is 1. The molecular weight excluding hydrogens is 488 g/mol. The first-order valence-electron chi connectivity index (χ1n) is 12.4. The van der Waals surface area contributed by atoms with E-state index in [9.17, 15) is 34.8 Å². The second-order valence-electron chi connectivity index (χ2n) is 10.8. The second-order valence-corrected chi connectivity index (χ2v) is 10.8. The Bertz CT molecular complexity index is 1500. The van der Waals surface area contributed by atoms with Gasteiger partial charge in [-0.15, -0.1) is 0 Å². The monoisotopic (exact) mass is 518 g/mol. The van der Waals surface area contributed by atoms with Crippen molar-refractivity contribution in [1.29, 1.82) is 0 Å². The average molecular weight is 519 g/mol. The lowest BCUT2D eigenvalue weighted by Crippen LogP contribution is -2.65. The minimum Gasteiger partial charge on any atom is -0.508 e. The Morgan fingerprint density at radius 2 is 1.71 bits per heavy atom. The molecule has 0 aliphatic heterocycles. The Balaban J connectivity index is 1.75. The molecule has 0 aromatic heterocycles. The third-order valence-corrected chi connectivity index (χ3v) is 8.28. The molecule has 9 heteroatoms. The normalized spacial score (nSPS) is 26.8. The molecule has 3 aliphatic rings. The molecule has 4 atom stereocenters. The molecule has 9 nitrogen and oxygen atoms in total. The first-order chi connectivity index (χ1) is 17.8. The van der Waals surface area contributed by atoms with Gasteiger partial charge in [0, 0.05) is 11.5 Å². The number of hydrogen-bond donors (Lipinski definition) is 5. The van der Waals surface area contributed by atoms with Crippen LogP contribution >= 0.6 is 0 Å². The van der Waals surface area contributed by atoms with Crippen LogP contribution in [0.2, 0.25) is 0 Å². The van der Waals surface area contributed by atoms with Crippen LogP contribution in [0, 0.1) is 25.7 Å². The molecule has 0 heterocycles. The summed E-state index contributed by atoms with van der Waals surface area (Å²) in [7, 11) is 3.15. The van der Waals surface area contributed by atoms with Crippen molar-refractivity contribution in [2.45, 2.75) is 38.3 Å². The molecule has 1 amide bonds. The number of primary amides is 1. The number of Topliss-reactive ketones (excluding diaryl/α,β-unsaturated/α-hetero) is 2. The van der Waals surface area contributed by atoms with Gasteiger partial charge >= 0.3 is 0 Å². The van der Waals surface area contributed by atoms with E-state index in [0.717, 1.165) is 22.3 Å². The van der Waals surface area contributed by atoms with E-state index in [1.807, 2.05) is 32.0 Å². The van der Waals surface area contributed by atoms with Crippen molar-refractivity contribution in [1.82, 2.24) is 4.90 Å². The third kappa shape index (κ3) is 3.35. The van der Waals surface area contributed by atoms with E-state index in [4.69, 9.17) is 5.73 Å². The largest absolute Gasteiger partial charge is 0.508 e. The molecule has 2 aromatic carbocycles. The van der Waals surface area contributed by atoms with E-state index >= 15 is 0 Å². The van der Waals surface area contributed by atoms with Crippen LogP contribution in [0.5, 0.6) is 5.75 Å². The molecule has 1 fully saturated rings. The quantitative estimate of drug-likeness (QED) is 0.387. The van der Waals surface area contributed by atoms with E-state index in [1.54, 1.807) is 20.2 Å². The van der Waals surface area contributed by atoms with Gasteiger partial charge in [0.1, 0.15) is 22.8 Å². The number of phenols is 1. The summed E-state index contributed by atoms with van der Waals surface area (Å²) < 4.78 is 0. The Morgan fingerprint density at radius 1 is 1.05 bits per heavy atom. The molecule has 3 aliphatic carbocycles. The van der Waals surface area contributed by atoms with Crippen LogP contribution in [-0.2, 0) is 20.8 Å². The van der Waals surface area contributed by atoms with Gasteiger partial charge in [-0.1, -0.05) is 29.8 Å². The Morgan fingerprint density at radius 3 is 2.32 bits per heavy atom. The van der Waals surface area contributed by atoms with Gasteiger partial charge in [-0.2, -0.15) is 0 Å². The molecule has 198 valence electrons. The smallest absolute Gasteiger partial charge is 0.255 e. The molecule has 38 heavy (non-hydrogen) atoms. The fourth-order valence-electron chi connectivity index (χ4n) is 6.61. The summed E-state index contributed by atoms with van der Waals surface area (Å²) >= 11 is 0. The Hall–Kier alpha value is -3.95. The number of nitrogens with two attached hydrogens (primary N) is 1. The van der Waals surface area contributed by atoms with Crippen molar-refractivity contribution in [3.8, 4) is 16.9 Å². The van der Waals surface area contributed by atoms with Crippen molar-refractivity contribution >= 4 is 23.2 Å². The lowest BCUT2D eigenvalue weighted by atomic mass is 9.57. The molecule has 2 aromatic rings. The number of hydrogen-bond acceptors (Lipinski definition) is 8. The SMILES string of the molecule is Cc1ccc(-c2ccc(O)c3c2C[C@@H]2C[C@@H]4[C@@H](N(C)C)C(=O)C(C(N)=O)=C(O)[C@]4(O)C(=O)C2=C3O)c(C)c1. The molecule has 0 spiro atoms. The van der Waals surface area contributed by atoms with Crippen molar-refractivity contribution in [2.75, 3.05) is 14.1 Å². The summed E-state index contributed by atoms with van der Waals surface area (Å²) in [6, 6.07) is 8.06. The van der Waals surface area contributed by atoms with Gasteiger partial charge in [0.2, 0.25) is 5.78 Å². The van der Waals surface area contributed by atoms with Crippen LogP contribution in [-0.4, -0.2) is 68.5 Å². The molecule has 0 unspecified atom stereocenters. The molecular formula is C29H30N2O7. The molecule has 6 N–H and O–H groups in total. The van der Waals surface area contributed by atoms with Gasteiger partial charge in [-0.05, 0) is 75.0 Å². The van der Waals surface area contributed by atoms with Crippen molar-refractivity contribution in [3.63, 3.8) is 0 Å². The van der Waals surface area contributed by atoms with Gasteiger partial charge < -0.3 is 26.2 Å².